The molecule has 0 saturated carbocycles. The van der Waals surface area contributed by atoms with Gasteiger partial charge in [0.1, 0.15) is 18.0 Å². The third-order valence-corrected chi connectivity index (χ3v) is 7.13. The number of fused-ring (bicyclic) bond motifs is 4. The van der Waals surface area contributed by atoms with Crippen LogP contribution in [0.25, 0.3) is 10.8 Å². The average Bonchev–Trinajstić information content (AvgIpc) is 3.36. The summed E-state index contributed by atoms with van der Waals surface area (Å²) in [5, 5.41) is 16.3. The first-order chi connectivity index (χ1) is 16.6. The van der Waals surface area contributed by atoms with Gasteiger partial charge in [0.15, 0.2) is 0 Å². The largest absolute Gasteiger partial charge is 0.338 e. The number of nitrogens with one attached hydrogen (secondary N) is 1. The highest BCUT2D eigenvalue weighted by Gasteiger charge is 2.37. The Labute approximate surface area is 194 Å². The fourth-order valence-electron chi connectivity index (χ4n) is 5.41. The van der Waals surface area contributed by atoms with Crippen molar-refractivity contribution in [2.24, 2.45) is 5.92 Å². The van der Waals surface area contributed by atoms with Crippen LogP contribution in [0.1, 0.15) is 46.3 Å². The maximum atomic E-state index is 14.8. The molecule has 1 fully saturated rings. The molecule has 2 aromatic carbocycles. The molecule has 1 saturated heterocycles. The normalized spacial score (nSPS) is 19.6. The zero-order valence-electron chi connectivity index (χ0n) is 18.4. The number of nitrogens with zero attached hydrogens (tertiary/aromatic N) is 5. The maximum Gasteiger partial charge on any atom is 0.272 e. The Balaban J connectivity index is 1.25. The van der Waals surface area contributed by atoms with Crippen LogP contribution in [0.4, 0.5) is 4.39 Å². The average molecular weight is 458 g/mol. The number of H-pyrrole nitrogens is 1. The van der Waals surface area contributed by atoms with Gasteiger partial charge in [0, 0.05) is 37.4 Å². The first-order valence-corrected chi connectivity index (χ1v) is 11.5. The number of aryl methyl sites for hydroxylation is 1. The van der Waals surface area contributed by atoms with Gasteiger partial charge in [0.05, 0.1) is 16.6 Å². The maximum absolute atomic E-state index is 14.8. The summed E-state index contributed by atoms with van der Waals surface area (Å²) in [7, 11) is 0. The van der Waals surface area contributed by atoms with E-state index in [0.717, 1.165) is 36.0 Å². The molecule has 0 bridgehead atoms. The third kappa shape index (κ3) is 3.48. The SMILES string of the molecule is O=C(c1cc(Cc2n[nH]c(=O)c3ccccc23)ccc1F)N1CC[C@H]2[C@H](CCc3nncn32)C1. The van der Waals surface area contributed by atoms with E-state index < -0.39 is 5.82 Å². The molecule has 2 atom stereocenters. The number of halogens is 1. The second-order valence-electron chi connectivity index (χ2n) is 9.10. The molecular weight excluding hydrogens is 435 g/mol. The number of rotatable bonds is 3. The Morgan fingerprint density at radius 3 is 2.88 bits per heavy atom. The third-order valence-electron chi connectivity index (χ3n) is 7.13. The van der Waals surface area contributed by atoms with E-state index in [4.69, 9.17) is 0 Å². The van der Waals surface area contributed by atoms with Crippen molar-refractivity contribution in [1.82, 2.24) is 29.9 Å². The van der Waals surface area contributed by atoms with Gasteiger partial charge in [-0.15, -0.1) is 10.2 Å². The molecule has 4 aromatic rings. The molecule has 0 spiro atoms. The Bertz CT molecular complexity index is 1460. The van der Waals surface area contributed by atoms with Gasteiger partial charge in [-0.25, -0.2) is 9.49 Å². The lowest BCUT2D eigenvalue weighted by Gasteiger charge is -2.41. The number of aromatic nitrogens is 5. The highest BCUT2D eigenvalue weighted by Crippen LogP contribution is 2.36. The van der Waals surface area contributed by atoms with Gasteiger partial charge >= 0.3 is 0 Å². The molecule has 6 rings (SSSR count). The summed E-state index contributed by atoms with van der Waals surface area (Å²) >= 11 is 0. The summed E-state index contributed by atoms with van der Waals surface area (Å²) in [6, 6.07) is 12.2. The van der Waals surface area contributed by atoms with Gasteiger partial charge in [-0.05, 0) is 42.5 Å². The van der Waals surface area contributed by atoms with Crippen LogP contribution in [0.15, 0.2) is 53.6 Å². The highest BCUT2D eigenvalue weighted by atomic mass is 19.1. The first kappa shape index (κ1) is 20.7. The van der Waals surface area contributed by atoms with Crippen LogP contribution >= 0.6 is 0 Å². The summed E-state index contributed by atoms with van der Waals surface area (Å²) < 4.78 is 16.9. The molecule has 4 heterocycles. The van der Waals surface area contributed by atoms with Crippen molar-refractivity contribution in [1.29, 1.82) is 0 Å². The van der Waals surface area contributed by atoms with Crippen molar-refractivity contribution in [2.75, 3.05) is 13.1 Å². The van der Waals surface area contributed by atoms with Gasteiger partial charge in [0.2, 0.25) is 0 Å². The Hall–Kier alpha value is -3.88. The molecule has 2 aromatic heterocycles. The highest BCUT2D eigenvalue weighted by molar-refractivity contribution is 5.95. The Kier molecular flexibility index (Phi) is 4.97. The number of carbonyl (C=O) groups excluding carboxylic acids is 1. The van der Waals surface area contributed by atoms with Crippen LogP contribution in [0.3, 0.4) is 0 Å². The fraction of sp³-hybridized carbons (Fsp3) is 0.320. The zero-order valence-corrected chi connectivity index (χ0v) is 18.4. The Morgan fingerprint density at radius 1 is 1.15 bits per heavy atom. The molecule has 0 aliphatic carbocycles. The molecule has 9 heteroatoms. The van der Waals surface area contributed by atoms with Gasteiger partial charge < -0.3 is 9.47 Å². The number of hydrogen-bond donors (Lipinski definition) is 1. The van der Waals surface area contributed by atoms with E-state index in [2.05, 4.69) is 25.0 Å². The van der Waals surface area contributed by atoms with E-state index in [9.17, 15) is 14.0 Å². The van der Waals surface area contributed by atoms with Crippen molar-refractivity contribution in [3.05, 3.63) is 87.6 Å². The number of amides is 1. The number of aromatic amines is 1. The zero-order chi connectivity index (χ0) is 23.2. The van der Waals surface area contributed by atoms with Crippen LogP contribution in [0, 0.1) is 11.7 Å². The lowest BCUT2D eigenvalue weighted by Crippen LogP contribution is -2.46. The molecule has 1 N–H and O–H groups in total. The van der Waals surface area contributed by atoms with Crippen LogP contribution in [-0.2, 0) is 12.8 Å². The van der Waals surface area contributed by atoms with Crippen molar-refractivity contribution >= 4 is 16.7 Å². The monoisotopic (exact) mass is 458 g/mol. The van der Waals surface area contributed by atoms with E-state index in [1.165, 1.54) is 6.07 Å². The van der Waals surface area contributed by atoms with Crippen molar-refractivity contribution in [3.8, 4) is 0 Å². The van der Waals surface area contributed by atoms with Gasteiger partial charge in [-0.1, -0.05) is 24.3 Å². The van der Waals surface area contributed by atoms with E-state index in [-0.39, 0.29) is 17.0 Å². The van der Waals surface area contributed by atoms with Crippen molar-refractivity contribution < 1.29 is 9.18 Å². The number of likely N-dealkylation sites (tertiary alicyclic amines) is 1. The van der Waals surface area contributed by atoms with Crippen LogP contribution in [-0.4, -0.2) is 48.9 Å². The molecular formula is C25H23FN6O2. The molecule has 2 aliphatic heterocycles. The second kappa shape index (κ2) is 8.16. The molecule has 0 unspecified atom stereocenters. The minimum Gasteiger partial charge on any atom is -0.338 e. The van der Waals surface area contributed by atoms with E-state index in [0.29, 0.717) is 42.6 Å². The molecule has 172 valence electrons. The van der Waals surface area contributed by atoms with Crippen molar-refractivity contribution in [3.63, 3.8) is 0 Å². The summed E-state index contributed by atoms with van der Waals surface area (Å²) in [4.78, 5) is 27.2. The molecule has 1 amide bonds. The lowest BCUT2D eigenvalue weighted by molar-refractivity contribution is 0.0562. The van der Waals surface area contributed by atoms with E-state index in [1.807, 2.05) is 12.1 Å². The summed E-state index contributed by atoms with van der Waals surface area (Å²) in [5.74, 6) is 0.499. The van der Waals surface area contributed by atoms with Gasteiger partial charge in [0.25, 0.3) is 11.5 Å². The Morgan fingerprint density at radius 2 is 2.00 bits per heavy atom. The van der Waals surface area contributed by atoms with Crippen LogP contribution in [0.5, 0.6) is 0 Å². The topological polar surface area (TPSA) is 96.8 Å². The van der Waals surface area contributed by atoms with Gasteiger partial charge in [-0.2, -0.15) is 5.10 Å². The molecule has 8 nitrogen and oxygen atoms in total. The standard InChI is InChI=1S/C25H23FN6O2/c26-20-7-5-15(12-21-17-3-1-2-4-18(17)24(33)30-28-21)11-19(20)25(34)31-10-9-22-16(13-31)6-8-23-29-27-14-32(22)23/h1-5,7,11,14,16,22H,6,8-10,12-13H2,(H,30,33)/t16-,22+/m1/s1. The van der Waals surface area contributed by atoms with E-state index in [1.54, 1.807) is 35.5 Å². The van der Waals surface area contributed by atoms with Crippen molar-refractivity contribution in [2.45, 2.75) is 31.7 Å². The van der Waals surface area contributed by atoms with E-state index >= 15 is 0 Å². The molecule has 2 aliphatic rings. The summed E-state index contributed by atoms with van der Waals surface area (Å²) in [6.45, 7) is 1.16. The lowest BCUT2D eigenvalue weighted by atomic mass is 9.85. The quantitative estimate of drug-likeness (QED) is 0.509. The summed E-state index contributed by atoms with van der Waals surface area (Å²) in [5.41, 5.74) is 1.26. The minimum atomic E-state index is -0.528. The minimum absolute atomic E-state index is 0.0745. The molecule has 0 radical (unpaired) electrons. The molecule has 34 heavy (non-hydrogen) atoms. The van der Waals surface area contributed by atoms with Gasteiger partial charge in [-0.3, -0.25) is 9.59 Å². The first-order valence-electron chi connectivity index (χ1n) is 11.5. The summed E-state index contributed by atoms with van der Waals surface area (Å²) in [6.07, 6.45) is 4.74. The fourth-order valence-corrected chi connectivity index (χ4v) is 5.41. The number of piperidine rings is 1. The smallest absolute Gasteiger partial charge is 0.272 e. The van der Waals surface area contributed by atoms with Crippen LogP contribution < -0.4 is 5.56 Å². The second-order valence-corrected chi connectivity index (χ2v) is 9.10. The predicted molar refractivity (Wildman–Crippen MR) is 123 cm³/mol. The predicted octanol–water partition coefficient (Wildman–Crippen LogP) is 2.89. The van der Waals surface area contributed by atoms with Crippen LogP contribution in [0.2, 0.25) is 0 Å². The number of carbonyl (C=O) groups is 1. The number of benzene rings is 2. The number of hydrogen-bond acceptors (Lipinski definition) is 5.